The number of ether oxygens (including phenoxy) is 4. The number of carbonyl (C=O) groups is 5. The van der Waals surface area contributed by atoms with E-state index < -0.39 is 5.97 Å². The van der Waals surface area contributed by atoms with Crippen molar-refractivity contribution in [2.75, 3.05) is 0 Å². The van der Waals surface area contributed by atoms with Gasteiger partial charge in [-0.1, -0.05) is 83.9 Å². The maximum Gasteiger partial charge on any atom is 0.311 e. The summed E-state index contributed by atoms with van der Waals surface area (Å²) in [6, 6.07) is 6.14. The number of hydrogen-bond donors (Lipinski definition) is 0. The van der Waals surface area contributed by atoms with Gasteiger partial charge in [0.2, 0.25) is 0 Å². The molecule has 0 aromatic heterocycles. The molecule has 76 heavy (non-hydrogen) atoms. The zero-order chi connectivity index (χ0) is 53.2. The van der Waals surface area contributed by atoms with Gasteiger partial charge in [-0.2, -0.15) is 0 Å². The van der Waals surface area contributed by atoms with Crippen LogP contribution in [0.5, 0.6) is 5.75 Å². The molecular formula is C67H90O9. The summed E-state index contributed by atoms with van der Waals surface area (Å²) in [5.74, 6) is 7.89. The van der Waals surface area contributed by atoms with Gasteiger partial charge in [-0.25, -0.2) is 0 Å². The monoisotopic (exact) mass is 1040 g/mol. The Morgan fingerprint density at radius 2 is 1.05 bits per heavy atom. The largest absolute Gasteiger partial charge is 0.462 e. The molecule has 412 valence electrons. The van der Waals surface area contributed by atoms with Crippen molar-refractivity contribution in [3.8, 4) is 5.75 Å². The Morgan fingerprint density at radius 1 is 0.539 bits per heavy atom. The predicted octanol–water partition coefficient (Wildman–Crippen LogP) is 14.0. The highest BCUT2D eigenvalue weighted by molar-refractivity contribution is 5.91. The van der Waals surface area contributed by atoms with E-state index in [0.29, 0.717) is 107 Å². The molecule has 0 bridgehead atoms. The maximum absolute atomic E-state index is 13.6. The summed E-state index contributed by atoms with van der Waals surface area (Å²) in [7, 11) is 0. The van der Waals surface area contributed by atoms with Crippen molar-refractivity contribution in [3.05, 3.63) is 64.8 Å². The third-order valence-electron chi connectivity index (χ3n) is 24.6. The predicted molar refractivity (Wildman–Crippen MR) is 291 cm³/mol. The first-order chi connectivity index (χ1) is 36.3. The number of carbonyl (C=O) groups excluding carboxylic acids is 5. The van der Waals surface area contributed by atoms with E-state index in [1.807, 2.05) is 18.2 Å². The van der Waals surface area contributed by atoms with Gasteiger partial charge in [0.15, 0.2) is 5.78 Å². The van der Waals surface area contributed by atoms with Gasteiger partial charge in [0.25, 0.3) is 0 Å². The fourth-order valence-corrected chi connectivity index (χ4v) is 21.7. The Morgan fingerprint density at radius 3 is 1.63 bits per heavy atom. The number of allylic oxidation sites excluding steroid dienone is 4. The topological polar surface area (TPSA) is 122 Å². The fraction of sp³-hybridized carbons (Fsp3) is 0.746. The maximum atomic E-state index is 13.6. The average Bonchev–Trinajstić information content (AvgIpc) is 4.00. The van der Waals surface area contributed by atoms with Gasteiger partial charge in [0, 0.05) is 22.7 Å². The summed E-state index contributed by atoms with van der Waals surface area (Å²) < 4.78 is 24.9. The van der Waals surface area contributed by atoms with E-state index in [9.17, 15) is 24.0 Å². The number of rotatable bonds is 10. The van der Waals surface area contributed by atoms with Crippen molar-refractivity contribution in [1.29, 1.82) is 0 Å². The lowest BCUT2D eigenvalue weighted by atomic mass is 9.47. The molecule has 21 atom stereocenters. The standard InChI is InChI=1S/C67H90O9/c1-36-9-13-47-42(29-36)30-37(2)63-52-18-21-56(66(52,7)34-39(4)61(47)63)76-60(72)26-25-58(70)74-54-20-17-51-50-14-10-41-33-45(12-16-46(41)49(50)27-28-65(51,54)6)73-57(69)23-24-59(71)75-55-22-19-53-64-38(3)31-43-32-44(68)11-15-48(43)62(64)40(5)35-67(53,55)8/h12,16,29,32-33,37-40,47-56,61-64H,1,9-11,13-15,17-28,30-31,34-35H2,2-8H3. The van der Waals surface area contributed by atoms with E-state index in [1.165, 1.54) is 35.1 Å². The summed E-state index contributed by atoms with van der Waals surface area (Å²) in [5, 5.41) is 0. The van der Waals surface area contributed by atoms with Gasteiger partial charge in [-0.15, -0.1) is 0 Å². The first kappa shape index (κ1) is 52.7. The van der Waals surface area contributed by atoms with Crippen molar-refractivity contribution < 1.29 is 42.9 Å². The van der Waals surface area contributed by atoms with E-state index in [1.54, 1.807) is 5.57 Å². The zero-order valence-electron chi connectivity index (χ0n) is 47.2. The Hall–Kier alpha value is -4.01. The second-order valence-corrected chi connectivity index (χ2v) is 28.6. The molecule has 11 aliphatic rings. The quantitative estimate of drug-likeness (QED) is 0.128. The lowest BCUT2D eigenvalue weighted by molar-refractivity contribution is -0.167. The van der Waals surface area contributed by atoms with Crippen LogP contribution < -0.4 is 4.74 Å². The molecule has 0 spiro atoms. The van der Waals surface area contributed by atoms with Crippen LogP contribution in [-0.4, -0.2) is 48.0 Å². The summed E-state index contributed by atoms with van der Waals surface area (Å²) in [6.45, 7) is 21.1. The molecule has 0 heterocycles. The van der Waals surface area contributed by atoms with Crippen molar-refractivity contribution in [1.82, 2.24) is 0 Å². The van der Waals surface area contributed by atoms with E-state index >= 15 is 0 Å². The molecule has 1 aromatic carbocycles. The van der Waals surface area contributed by atoms with Crippen LogP contribution in [0, 0.1) is 99.1 Å². The number of ketones is 1. The molecule has 12 rings (SSSR count). The molecule has 11 aliphatic carbocycles. The summed E-state index contributed by atoms with van der Waals surface area (Å²) in [6.07, 6.45) is 22.2. The normalized spacial score (nSPS) is 44.6. The van der Waals surface area contributed by atoms with Crippen molar-refractivity contribution in [2.45, 2.75) is 214 Å². The van der Waals surface area contributed by atoms with E-state index in [0.717, 1.165) is 96.3 Å². The van der Waals surface area contributed by atoms with Crippen LogP contribution in [0.25, 0.3) is 0 Å². The molecule has 0 N–H and O–H groups in total. The minimum Gasteiger partial charge on any atom is -0.462 e. The lowest BCUT2D eigenvalue weighted by Gasteiger charge is -2.58. The van der Waals surface area contributed by atoms with E-state index in [4.69, 9.17) is 18.9 Å². The van der Waals surface area contributed by atoms with Gasteiger partial charge in [-0.3, -0.25) is 24.0 Å². The van der Waals surface area contributed by atoms with E-state index in [2.05, 4.69) is 67.2 Å². The average molecular weight is 1040 g/mol. The van der Waals surface area contributed by atoms with Crippen molar-refractivity contribution in [2.24, 2.45) is 99.1 Å². The molecule has 21 unspecified atom stereocenters. The van der Waals surface area contributed by atoms with Crippen LogP contribution in [0.1, 0.15) is 200 Å². The minimum atomic E-state index is -0.414. The molecule has 0 saturated heterocycles. The van der Waals surface area contributed by atoms with Gasteiger partial charge in [0.1, 0.15) is 24.1 Å². The molecule has 9 heteroatoms. The number of benzene rings is 1. The number of esters is 4. The van der Waals surface area contributed by atoms with Crippen LogP contribution in [0.2, 0.25) is 0 Å². The zero-order valence-corrected chi connectivity index (χ0v) is 47.2. The highest BCUT2D eigenvalue weighted by Crippen LogP contribution is 2.68. The first-order valence-electron chi connectivity index (χ1n) is 30.9. The number of hydrogen-bond acceptors (Lipinski definition) is 9. The van der Waals surface area contributed by atoms with Crippen LogP contribution >= 0.6 is 0 Å². The summed E-state index contributed by atoms with van der Waals surface area (Å²) >= 11 is 0. The van der Waals surface area contributed by atoms with Gasteiger partial charge < -0.3 is 18.9 Å². The molecule has 0 amide bonds. The third kappa shape index (κ3) is 8.94. The highest BCUT2D eigenvalue weighted by atomic mass is 16.6. The second kappa shape index (κ2) is 20.0. The van der Waals surface area contributed by atoms with Crippen molar-refractivity contribution in [3.63, 3.8) is 0 Å². The molecule has 8 saturated carbocycles. The Balaban J connectivity index is 0.597. The van der Waals surface area contributed by atoms with Crippen LogP contribution in [0.3, 0.4) is 0 Å². The Kier molecular flexibility index (Phi) is 13.8. The van der Waals surface area contributed by atoms with Gasteiger partial charge in [-0.05, 0) is 227 Å². The van der Waals surface area contributed by atoms with Crippen LogP contribution in [0.15, 0.2) is 53.6 Å². The molecule has 8 fully saturated rings. The fourth-order valence-electron chi connectivity index (χ4n) is 21.7. The third-order valence-corrected chi connectivity index (χ3v) is 24.6. The lowest BCUT2D eigenvalue weighted by Crippen LogP contribution is -2.54. The molecular weight excluding hydrogens is 949 g/mol. The first-order valence-corrected chi connectivity index (χ1v) is 30.9. The number of fused-ring (bicyclic) bond motifs is 15. The van der Waals surface area contributed by atoms with E-state index in [-0.39, 0.29) is 78.1 Å². The van der Waals surface area contributed by atoms with Gasteiger partial charge in [0.05, 0.1) is 25.7 Å². The summed E-state index contributed by atoms with van der Waals surface area (Å²) in [4.78, 5) is 66.2. The molecule has 0 aliphatic heterocycles. The molecule has 1 aromatic rings. The van der Waals surface area contributed by atoms with Crippen LogP contribution in [-0.2, 0) is 44.6 Å². The molecule has 0 radical (unpaired) electrons. The summed E-state index contributed by atoms with van der Waals surface area (Å²) in [5.41, 5.74) is 6.70. The second-order valence-electron chi connectivity index (χ2n) is 28.6. The Labute approximate surface area is 454 Å². The molecule has 9 nitrogen and oxygen atoms in total. The van der Waals surface area contributed by atoms with Crippen LogP contribution in [0.4, 0.5) is 0 Å². The van der Waals surface area contributed by atoms with Gasteiger partial charge >= 0.3 is 23.9 Å². The SMILES string of the molecule is C=C1C=C2CC(C)C3C(C(C)CC4(C)C(OC(=O)CCC(=O)OC5CCC6C7CCc8cc(OC(=O)CCC(=O)OC9CCC%10C%11C(C)CC%12=CC(=O)CCC%12C%11C(C)CC9%10C)ccc8C7CCC56C)CCC34)C2CC1. The minimum absolute atomic E-state index is 0.00714. The van der Waals surface area contributed by atoms with Crippen molar-refractivity contribution >= 4 is 29.7 Å². The number of aryl methyl sites for hydroxylation is 1. The highest BCUT2D eigenvalue weighted by Gasteiger charge is 2.63. The Bertz CT molecular complexity index is 2590. The smallest absolute Gasteiger partial charge is 0.311 e.